The fourth-order valence-electron chi connectivity index (χ4n) is 1.44. The lowest BCUT2D eigenvalue weighted by atomic mass is 10.3. The first kappa shape index (κ1) is 9.50. The molecule has 14 heavy (non-hydrogen) atoms. The summed E-state index contributed by atoms with van der Waals surface area (Å²) in [5.41, 5.74) is 0.688. The van der Waals surface area contributed by atoms with E-state index >= 15 is 0 Å². The summed E-state index contributed by atoms with van der Waals surface area (Å²) in [7, 11) is 0. The number of pyridine rings is 1. The number of hydrogen-bond acceptors (Lipinski definition) is 4. The highest BCUT2D eigenvalue weighted by molar-refractivity contribution is 7.99. The molecular formula is C10H11N3S. The molecule has 0 amide bonds. The van der Waals surface area contributed by atoms with Crippen LogP contribution in [0.5, 0.6) is 0 Å². The summed E-state index contributed by atoms with van der Waals surface area (Å²) < 4.78 is 0. The van der Waals surface area contributed by atoms with E-state index in [2.05, 4.69) is 16.4 Å². The van der Waals surface area contributed by atoms with E-state index in [0.29, 0.717) is 10.8 Å². The van der Waals surface area contributed by atoms with Crippen LogP contribution in [0, 0.1) is 11.3 Å². The molecule has 0 aliphatic carbocycles. The predicted molar refractivity (Wildman–Crippen MR) is 56.1 cm³/mol. The minimum Gasteiger partial charge on any atom is -0.316 e. The van der Waals surface area contributed by atoms with Crippen LogP contribution in [0.1, 0.15) is 12.0 Å². The van der Waals surface area contributed by atoms with Gasteiger partial charge in [-0.1, -0.05) is 0 Å². The summed E-state index contributed by atoms with van der Waals surface area (Å²) in [4.78, 5) is 4.23. The van der Waals surface area contributed by atoms with E-state index in [9.17, 15) is 0 Å². The molecule has 0 radical (unpaired) electrons. The average Bonchev–Trinajstić information content (AvgIpc) is 2.71. The molecule has 2 rings (SSSR count). The van der Waals surface area contributed by atoms with Crippen LogP contribution >= 0.6 is 11.8 Å². The molecule has 1 N–H and O–H groups in total. The molecule has 1 aliphatic rings. The summed E-state index contributed by atoms with van der Waals surface area (Å²) in [6, 6.07) is 5.71. The van der Waals surface area contributed by atoms with Crippen molar-refractivity contribution in [2.45, 2.75) is 16.7 Å². The summed E-state index contributed by atoms with van der Waals surface area (Å²) in [5.74, 6) is 0. The van der Waals surface area contributed by atoms with Crippen LogP contribution in [0.15, 0.2) is 23.4 Å². The summed E-state index contributed by atoms with van der Waals surface area (Å²) in [6.07, 6.45) is 2.88. The average molecular weight is 205 g/mol. The highest BCUT2D eigenvalue weighted by atomic mass is 32.2. The van der Waals surface area contributed by atoms with Gasteiger partial charge in [0.15, 0.2) is 0 Å². The molecule has 2 heterocycles. The molecule has 0 spiro atoms. The first-order valence-electron chi connectivity index (χ1n) is 4.62. The van der Waals surface area contributed by atoms with Gasteiger partial charge in [-0.15, -0.1) is 11.8 Å². The molecule has 1 saturated heterocycles. The topological polar surface area (TPSA) is 48.7 Å². The molecule has 0 saturated carbocycles. The standard InChI is InChI=1S/C10H11N3S/c11-6-8-1-4-13-10(5-8)14-9-2-3-12-7-9/h1,4-5,9,12H,2-3,7H2/t9-/m1/s1. The van der Waals surface area contributed by atoms with Gasteiger partial charge in [0.25, 0.3) is 0 Å². The first-order chi connectivity index (χ1) is 6.88. The molecule has 1 aromatic rings. The van der Waals surface area contributed by atoms with Crippen LogP contribution in [-0.2, 0) is 0 Å². The molecule has 72 valence electrons. The van der Waals surface area contributed by atoms with Gasteiger partial charge in [-0.05, 0) is 25.1 Å². The van der Waals surface area contributed by atoms with Crippen molar-refractivity contribution < 1.29 is 0 Å². The third-order valence-corrected chi connectivity index (χ3v) is 3.37. The van der Waals surface area contributed by atoms with E-state index in [1.807, 2.05) is 6.07 Å². The van der Waals surface area contributed by atoms with Crippen LogP contribution in [0.4, 0.5) is 0 Å². The lowest BCUT2D eigenvalue weighted by Gasteiger charge is -2.06. The molecule has 1 atom stereocenters. The Labute approximate surface area is 87.5 Å². The summed E-state index contributed by atoms with van der Waals surface area (Å²) in [5, 5.41) is 13.6. The third-order valence-electron chi connectivity index (χ3n) is 2.17. The maximum Gasteiger partial charge on any atom is 0.0993 e. The number of nitrogens with one attached hydrogen (secondary N) is 1. The number of nitriles is 1. The van der Waals surface area contributed by atoms with Crippen molar-refractivity contribution in [3.63, 3.8) is 0 Å². The first-order valence-corrected chi connectivity index (χ1v) is 5.50. The number of rotatable bonds is 2. The smallest absolute Gasteiger partial charge is 0.0993 e. The van der Waals surface area contributed by atoms with Gasteiger partial charge in [-0.3, -0.25) is 0 Å². The molecule has 3 nitrogen and oxygen atoms in total. The molecule has 0 aromatic carbocycles. The lowest BCUT2D eigenvalue weighted by molar-refractivity contribution is 0.858. The van der Waals surface area contributed by atoms with Gasteiger partial charge in [0, 0.05) is 18.0 Å². The monoisotopic (exact) mass is 205 g/mol. The second kappa shape index (κ2) is 4.45. The zero-order valence-electron chi connectivity index (χ0n) is 7.73. The number of thioether (sulfide) groups is 1. The van der Waals surface area contributed by atoms with E-state index in [1.54, 1.807) is 24.0 Å². The van der Waals surface area contributed by atoms with Gasteiger partial charge in [0.2, 0.25) is 0 Å². The molecular weight excluding hydrogens is 194 g/mol. The zero-order valence-corrected chi connectivity index (χ0v) is 8.55. The quantitative estimate of drug-likeness (QED) is 0.793. The van der Waals surface area contributed by atoms with Crippen molar-refractivity contribution in [3.05, 3.63) is 23.9 Å². The Morgan fingerprint density at radius 2 is 2.57 bits per heavy atom. The molecule has 1 fully saturated rings. The van der Waals surface area contributed by atoms with Crippen molar-refractivity contribution in [2.75, 3.05) is 13.1 Å². The molecule has 1 aromatic heterocycles. The Hall–Kier alpha value is -1.05. The van der Waals surface area contributed by atoms with E-state index in [0.717, 1.165) is 18.1 Å². The lowest BCUT2D eigenvalue weighted by Crippen LogP contribution is -2.10. The van der Waals surface area contributed by atoms with Crippen molar-refractivity contribution >= 4 is 11.8 Å². The number of nitrogens with zero attached hydrogens (tertiary/aromatic N) is 2. The van der Waals surface area contributed by atoms with Gasteiger partial charge >= 0.3 is 0 Å². The Bertz CT molecular complexity index is 353. The van der Waals surface area contributed by atoms with Crippen LogP contribution < -0.4 is 5.32 Å². The summed E-state index contributed by atoms with van der Waals surface area (Å²) >= 11 is 1.76. The maximum atomic E-state index is 8.72. The van der Waals surface area contributed by atoms with Gasteiger partial charge in [0.05, 0.1) is 16.7 Å². The van der Waals surface area contributed by atoms with Crippen LogP contribution in [0.2, 0.25) is 0 Å². The second-order valence-corrected chi connectivity index (χ2v) is 4.55. The molecule has 4 heteroatoms. The fraction of sp³-hybridized carbons (Fsp3) is 0.400. The van der Waals surface area contributed by atoms with Crippen molar-refractivity contribution in [3.8, 4) is 6.07 Å². The highest BCUT2D eigenvalue weighted by Gasteiger charge is 2.16. The van der Waals surface area contributed by atoms with E-state index in [4.69, 9.17) is 5.26 Å². The SMILES string of the molecule is N#Cc1ccnc(S[C@@H]2CCNC2)c1. The molecule has 0 bridgehead atoms. The second-order valence-electron chi connectivity index (χ2n) is 3.23. The van der Waals surface area contributed by atoms with Crippen molar-refractivity contribution in [1.82, 2.24) is 10.3 Å². The van der Waals surface area contributed by atoms with Crippen LogP contribution in [-0.4, -0.2) is 23.3 Å². The molecule has 0 unspecified atom stereocenters. The van der Waals surface area contributed by atoms with Gasteiger partial charge < -0.3 is 5.32 Å². The summed E-state index contributed by atoms with van der Waals surface area (Å²) in [6.45, 7) is 2.14. The minimum atomic E-state index is 0.608. The Morgan fingerprint density at radius 1 is 1.64 bits per heavy atom. The fourth-order valence-corrected chi connectivity index (χ4v) is 2.54. The molecule has 1 aliphatic heterocycles. The van der Waals surface area contributed by atoms with Gasteiger partial charge in [-0.2, -0.15) is 5.26 Å². The van der Waals surface area contributed by atoms with E-state index in [1.165, 1.54) is 6.42 Å². The Kier molecular flexibility index (Phi) is 3.02. The zero-order chi connectivity index (χ0) is 9.80. The van der Waals surface area contributed by atoms with E-state index in [-0.39, 0.29) is 0 Å². The van der Waals surface area contributed by atoms with Crippen molar-refractivity contribution in [2.24, 2.45) is 0 Å². The Morgan fingerprint density at radius 3 is 3.29 bits per heavy atom. The normalized spacial score (nSPS) is 20.6. The van der Waals surface area contributed by atoms with Crippen LogP contribution in [0.3, 0.4) is 0 Å². The third kappa shape index (κ3) is 2.25. The largest absolute Gasteiger partial charge is 0.316 e. The van der Waals surface area contributed by atoms with Crippen molar-refractivity contribution in [1.29, 1.82) is 5.26 Å². The van der Waals surface area contributed by atoms with E-state index < -0.39 is 0 Å². The predicted octanol–water partition coefficient (Wildman–Crippen LogP) is 1.41. The van der Waals surface area contributed by atoms with Gasteiger partial charge in [0.1, 0.15) is 0 Å². The van der Waals surface area contributed by atoms with Crippen LogP contribution in [0.25, 0.3) is 0 Å². The minimum absolute atomic E-state index is 0.608. The highest BCUT2D eigenvalue weighted by Crippen LogP contribution is 2.25. The van der Waals surface area contributed by atoms with Gasteiger partial charge in [-0.25, -0.2) is 4.98 Å². The number of aromatic nitrogens is 1. The Balaban J connectivity index is 2.05. The number of hydrogen-bond donors (Lipinski definition) is 1. The maximum absolute atomic E-state index is 8.72.